The van der Waals surface area contributed by atoms with Crippen LogP contribution in [0, 0.1) is 24.1 Å². The molecule has 1 aromatic heterocycles. The number of hydrogen-bond donors (Lipinski definition) is 0. The first-order chi connectivity index (χ1) is 20.4. The van der Waals surface area contributed by atoms with Gasteiger partial charge in [-0.2, -0.15) is 0 Å². The maximum atomic E-state index is 15.5. The predicted molar refractivity (Wildman–Crippen MR) is 170 cm³/mol. The van der Waals surface area contributed by atoms with Gasteiger partial charge >= 0.3 is 0 Å². The van der Waals surface area contributed by atoms with Gasteiger partial charge in [-0.3, -0.25) is 0 Å². The Morgan fingerprint density at radius 2 is 1.74 bits per heavy atom. The van der Waals surface area contributed by atoms with Gasteiger partial charge in [0.05, 0.1) is 11.3 Å². The van der Waals surface area contributed by atoms with Gasteiger partial charge in [0.1, 0.15) is 18.0 Å². The van der Waals surface area contributed by atoms with E-state index in [2.05, 4.69) is 53.2 Å². The number of anilines is 1. The molecule has 2 fully saturated rings. The SMILES string of the molecule is C=C1C(C2(C)CC2)=Cc2c(C)ncnc2N1CCCCCCC(C)N1CCC(C(F)(F)c2cccc(C(C)C)c2F)CC1. The second-order valence-electron chi connectivity index (χ2n) is 13.8. The molecular formula is C36H49F3N4. The molecule has 2 aliphatic heterocycles. The Balaban J connectivity index is 1.06. The summed E-state index contributed by atoms with van der Waals surface area (Å²) in [5, 5.41) is 0. The lowest BCUT2D eigenvalue weighted by molar-refractivity contribution is -0.0907. The Hall–Kier alpha value is -2.67. The Morgan fingerprint density at radius 3 is 2.42 bits per heavy atom. The monoisotopic (exact) mass is 594 g/mol. The van der Waals surface area contributed by atoms with Crippen LogP contribution >= 0.6 is 0 Å². The zero-order valence-corrected chi connectivity index (χ0v) is 26.7. The molecule has 4 nitrogen and oxygen atoms in total. The third kappa shape index (κ3) is 6.57. The number of unbranched alkanes of at least 4 members (excludes halogenated alkanes) is 3. The smallest absolute Gasteiger partial charge is 0.278 e. The van der Waals surface area contributed by atoms with Crippen molar-refractivity contribution in [2.45, 2.75) is 110 Å². The molecule has 43 heavy (non-hydrogen) atoms. The van der Waals surface area contributed by atoms with Gasteiger partial charge in [-0.25, -0.2) is 23.1 Å². The molecule has 0 bridgehead atoms. The number of rotatable bonds is 12. The van der Waals surface area contributed by atoms with Crippen molar-refractivity contribution in [3.63, 3.8) is 0 Å². The number of nitrogens with zero attached hydrogens (tertiary/aromatic N) is 4. The number of halogens is 3. The van der Waals surface area contributed by atoms with Gasteiger partial charge in [0.25, 0.3) is 5.92 Å². The van der Waals surface area contributed by atoms with Crippen LogP contribution in [0.1, 0.15) is 114 Å². The van der Waals surface area contributed by atoms with Gasteiger partial charge in [0, 0.05) is 29.8 Å². The third-order valence-corrected chi connectivity index (χ3v) is 10.3. The minimum absolute atomic E-state index is 0.126. The molecule has 1 saturated carbocycles. The maximum absolute atomic E-state index is 15.5. The van der Waals surface area contributed by atoms with E-state index in [1.165, 1.54) is 24.5 Å². The number of benzene rings is 1. The number of piperidine rings is 1. The number of fused-ring (bicyclic) bond motifs is 1. The first-order valence-electron chi connectivity index (χ1n) is 16.4. The van der Waals surface area contributed by atoms with Gasteiger partial charge in [0.2, 0.25) is 0 Å². The van der Waals surface area contributed by atoms with Crippen LogP contribution in [0.4, 0.5) is 19.0 Å². The second kappa shape index (κ2) is 12.7. The first kappa shape index (κ1) is 31.7. The molecule has 0 spiro atoms. The quantitative estimate of drug-likeness (QED) is 0.229. The number of likely N-dealkylation sites (tertiary alicyclic amines) is 1. The molecule has 1 atom stereocenters. The molecule has 3 heterocycles. The summed E-state index contributed by atoms with van der Waals surface area (Å²) in [5.41, 5.74) is 4.72. The molecule has 7 heteroatoms. The summed E-state index contributed by atoms with van der Waals surface area (Å²) in [7, 11) is 0. The minimum Gasteiger partial charge on any atom is -0.326 e. The highest BCUT2D eigenvalue weighted by atomic mass is 19.3. The summed E-state index contributed by atoms with van der Waals surface area (Å²) in [5.74, 6) is -3.86. The minimum atomic E-state index is -3.15. The molecule has 3 aliphatic rings. The van der Waals surface area contributed by atoms with Crippen LogP contribution in [-0.4, -0.2) is 40.5 Å². The van der Waals surface area contributed by atoms with E-state index in [0.29, 0.717) is 37.5 Å². The van der Waals surface area contributed by atoms with Crippen LogP contribution in [0.2, 0.25) is 0 Å². The highest BCUT2D eigenvalue weighted by Gasteiger charge is 2.46. The molecule has 5 rings (SSSR count). The van der Waals surface area contributed by atoms with Crippen molar-refractivity contribution in [3.8, 4) is 0 Å². The standard InChI is InChI=1S/C36H49F3N4/c1-24(2)29-13-11-14-31(33(29)37)36(38,39)28-15-20-42(21-16-28)25(3)12-9-7-8-10-19-43-27(5)32(35(6)17-18-35)22-30-26(4)40-23-41-34(30)43/h11,13-14,22-25,28H,5,7-10,12,15-21H2,1-4,6H3. The number of hydrogen-bond acceptors (Lipinski definition) is 4. The van der Waals surface area contributed by atoms with E-state index in [1.807, 2.05) is 13.8 Å². The van der Waals surface area contributed by atoms with Crippen LogP contribution in [0.5, 0.6) is 0 Å². The fourth-order valence-corrected chi connectivity index (χ4v) is 7.00. The van der Waals surface area contributed by atoms with Crippen molar-refractivity contribution in [1.82, 2.24) is 14.9 Å². The molecule has 1 unspecified atom stereocenters. The van der Waals surface area contributed by atoms with Crippen molar-refractivity contribution >= 4 is 11.9 Å². The van der Waals surface area contributed by atoms with Crippen LogP contribution in [-0.2, 0) is 5.92 Å². The summed E-state index contributed by atoms with van der Waals surface area (Å²) < 4.78 is 45.9. The summed E-state index contributed by atoms with van der Waals surface area (Å²) in [4.78, 5) is 13.7. The molecule has 234 valence electrons. The van der Waals surface area contributed by atoms with E-state index in [0.717, 1.165) is 61.4 Å². The lowest BCUT2D eigenvalue weighted by Gasteiger charge is -2.39. The summed E-state index contributed by atoms with van der Waals surface area (Å²) >= 11 is 0. The molecular weight excluding hydrogens is 545 g/mol. The van der Waals surface area contributed by atoms with Crippen LogP contribution < -0.4 is 4.90 Å². The lowest BCUT2D eigenvalue weighted by atomic mass is 9.84. The fraction of sp³-hybridized carbons (Fsp3) is 0.611. The zero-order valence-electron chi connectivity index (χ0n) is 26.7. The van der Waals surface area contributed by atoms with Gasteiger partial charge in [-0.1, -0.05) is 64.8 Å². The largest absolute Gasteiger partial charge is 0.326 e. The molecule has 0 radical (unpaired) electrons. The zero-order chi connectivity index (χ0) is 30.9. The van der Waals surface area contributed by atoms with Gasteiger partial charge in [-0.15, -0.1) is 0 Å². The second-order valence-corrected chi connectivity index (χ2v) is 13.8. The van der Waals surface area contributed by atoms with Crippen LogP contribution in [0.25, 0.3) is 6.08 Å². The van der Waals surface area contributed by atoms with Crippen LogP contribution in [0.3, 0.4) is 0 Å². The highest BCUT2D eigenvalue weighted by Crippen LogP contribution is 2.56. The maximum Gasteiger partial charge on any atom is 0.278 e. The first-order valence-corrected chi connectivity index (χ1v) is 16.4. The van der Waals surface area contributed by atoms with Crippen molar-refractivity contribution in [2.75, 3.05) is 24.5 Å². The van der Waals surface area contributed by atoms with Crippen LogP contribution in [0.15, 0.2) is 42.4 Å². The van der Waals surface area contributed by atoms with Crippen molar-refractivity contribution in [2.24, 2.45) is 11.3 Å². The summed E-state index contributed by atoms with van der Waals surface area (Å²) in [6.07, 6.45) is 12.6. The molecule has 0 amide bonds. The number of allylic oxidation sites excluding steroid dienone is 1. The molecule has 1 saturated heterocycles. The summed E-state index contributed by atoms with van der Waals surface area (Å²) in [6.45, 7) is 16.9. The fourth-order valence-electron chi connectivity index (χ4n) is 7.00. The van der Waals surface area contributed by atoms with Crippen molar-refractivity contribution < 1.29 is 13.2 Å². The lowest BCUT2D eigenvalue weighted by Crippen LogP contribution is -2.43. The molecule has 0 N–H and O–H groups in total. The van der Waals surface area contributed by atoms with Gasteiger partial charge in [0.15, 0.2) is 0 Å². The van der Waals surface area contributed by atoms with E-state index in [9.17, 15) is 4.39 Å². The van der Waals surface area contributed by atoms with Crippen molar-refractivity contribution in [1.29, 1.82) is 0 Å². The Bertz CT molecular complexity index is 1340. The number of aryl methyl sites for hydroxylation is 1. The van der Waals surface area contributed by atoms with E-state index in [1.54, 1.807) is 18.5 Å². The summed E-state index contributed by atoms with van der Waals surface area (Å²) in [6, 6.07) is 4.81. The molecule has 1 aliphatic carbocycles. The Kier molecular flexibility index (Phi) is 9.41. The van der Waals surface area contributed by atoms with E-state index in [4.69, 9.17) is 0 Å². The average molecular weight is 595 g/mol. The number of alkyl halides is 2. The predicted octanol–water partition coefficient (Wildman–Crippen LogP) is 9.41. The number of aromatic nitrogens is 2. The van der Waals surface area contributed by atoms with Crippen molar-refractivity contribution in [3.05, 3.63) is 70.6 Å². The average Bonchev–Trinajstić information content (AvgIpc) is 3.73. The Morgan fingerprint density at radius 1 is 1.05 bits per heavy atom. The van der Waals surface area contributed by atoms with Gasteiger partial charge in [-0.05, 0) is 94.0 Å². The van der Waals surface area contributed by atoms with E-state index in [-0.39, 0.29) is 11.3 Å². The van der Waals surface area contributed by atoms with E-state index < -0.39 is 23.2 Å². The molecule has 2 aromatic rings. The van der Waals surface area contributed by atoms with E-state index >= 15 is 8.78 Å². The Labute approximate surface area is 256 Å². The highest BCUT2D eigenvalue weighted by molar-refractivity contribution is 5.79. The topological polar surface area (TPSA) is 32.3 Å². The third-order valence-electron chi connectivity index (χ3n) is 10.3. The molecule has 1 aromatic carbocycles. The normalized spacial score (nSPS) is 19.9. The van der Waals surface area contributed by atoms with Gasteiger partial charge < -0.3 is 9.80 Å².